The lowest BCUT2D eigenvalue weighted by Crippen LogP contribution is -2.05. The van der Waals surface area contributed by atoms with E-state index in [9.17, 15) is 14.9 Å². The SMILES string of the molecule is CCOC(=O)c1n[nH]c2c([N+](=O)[O-])c(Br)ccc12. The van der Waals surface area contributed by atoms with Crippen LogP contribution in [0.3, 0.4) is 0 Å². The lowest BCUT2D eigenvalue weighted by molar-refractivity contribution is -0.384. The van der Waals surface area contributed by atoms with E-state index in [2.05, 4.69) is 26.1 Å². The van der Waals surface area contributed by atoms with Gasteiger partial charge < -0.3 is 4.74 Å². The first-order chi connectivity index (χ1) is 8.56. The maximum absolute atomic E-state index is 11.6. The number of hydrogen-bond donors (Lipinski definition) is 1. The molecule has 0 fully saturated rings. The van der Waals surface area contributed by atoms with E-state index in [0.29, 0.717) is 9.86 Å². The monoisotopic (exact) mass is 313 g/mol. The van der Waals surface area contributed by atoms with E-state index in [-0.39, 0.29) is 23.5 Å². The first kappa shape index (κ1) is 12.5. The molecule has 2 rings (SSSR count). The van der Waals surface area contributed by atoms with Crippen molar-refractivity contribution in [2.75, 3.05) is 6.61 Å². The average molecular weight is 314 g/mol. The Kier molecular flexibility index (Phi) is 3.28. The molecule has 0 saturated carbocycles. The Morgan fingerprint density at radius 1 is 1.61 bits per heavy atom. The first-order valence-corrected chi connectivity index (χ1v) is 5.83. The molecule has 0 amide bonds. The highest BCUT2D eigenvalue weighted by Crippen LogP contribution is 2.33. The van der Waals surface area contributed by atoms with Gasteiger partial charge in [-0.25, -0.2) is 4.79 Å². The van der Waals surface area contributed by atoms with Gasteiger partial charge in [0, 0.05) is 5.39 Å². The van der Waals surface area contributed by atoms with Crippen LogP contribution in [0.1, 0.15) is 17.4 Å². The fourth-order valence-electron chi connectivity index (χ4n) is 1.58. The number of nitrogens with one attached hydrogen (secondary N) is 1. The Morgan fingerprint density at radius 2 is 2.33 bits per heavy atom. The zero-order valence-corrected chi connectivity index (χ0v) is 10.9. The van der Waals surface area contributed by atoms with E-state index in [0.717, 1.165) is 0 Å². The molecule has 0 aliphatic carbocycles. The minimum absolute atomic E-state index is 0.0439. The second-order valence-corrected chi connectivity index (χ2v) is 4.22. The number of nitro benzene ring substituents is 1. The molecule has 0 bridgehead atoms. The standard InChI is InChI=1S/C10H8BrN3O4/c1-2-18-10(15)8-5-3-4-6(11)9(14(16)17)7(5)12-13-8/h3-4H,2H2,1H3,(H,12,13). The van der Waals surface area contributed by atoms with Crippen molar-refractivity contribution >= 4 is 38.5 Å². The second-order valence-electron chi connectivity index (χ2n) is 3.37. The molecule has 1 heterocycles. The molecular weight excluding hydrogens is 306 g/mol. The number of halogens is 1. The summed E-state index contributed by atoms with van der Waals surface area (Å²) in [6, 6.07) is 3.07. The maximum atomic E-state index is 11.6. The molecule has 0 atom stereocenters. The van der Waals surface area contributed by atoms with Crippen LogP contribution in [0.2, 0.25) is 0 Å². The number of hydrogen-bond acceptors (Lipinski definition) is 5. The number of aromatic amines is 1. The second kappa shape index (κ2) is 4.73. The van der Waals surface area contributed by atoms with Crippen molar-refractivity contribution in [1.82, 2.24) is 10.2 Å². The molecule has 0 aliphatic rings. The number of benzene rings is 1. The van der Waals surface area contributed by atoms with Gasteiger partial charge >= 0.3 is 11.7 Å². The van der Waals surface area contributed by atoms with Crippen LogP contribution in [0.5, 0.6) is 0 Å². The van der Waals surface area contributed by atoms with Gasteiger partial charge in [0.15, 0.2) is 5.69 Å². The lowest BCUT2D eigenvalue weighted by atomic mass is 10.2. The molecule has 7 nitrogen and oxygen atoms in total. The minimum atomic E-state index is -0.611. The molecule has 18 heavy (non-hydrogen) atoms. The molecule has 0 aliphatic heterocycles. The van der Waals surface area contributed by atoms with Crippen molar-refractivity contribution in [3.8, 4) is 0 Å². The van der Waals surface area contributed by atoms with Crippen molar-refractivity contribution in [3.05, 3.63) is 32.4 Å². The van der Waals surface area contributed by atoms with Gasteiger partial charge in [0.05, 0.1) is 16.0 Å². The average Bonchev–Trinajstić information content (AvgIpc) is 2.72. The van der Waals surface area contributed by atoms with Gasteiger partial charge in [-0.3, -0.25) is 15.2 Å². The number of fused-ring (bicyclic) bond motifs is 1. The summed E-state index contributed by atoms with van der Waals surface area (Å²) in [5.41, 5.74) is 0.0791. The number of nitro groups is 1. The number of ether oxygens (including phenoxy) is 1. The Bertz CT molecular complexity index is 637. The van der Waals surface area contributed by atoms with Crippen molar-refractivity contribution in [2.24, 2.45) is 0 Å². The van der Waals surface area contributed by atoms with Crippen molar-refractivity contribution in [3.63, 3.8) is 0 Å². The Labute approximate surface area is 109 Å². The quantitative estimate of drug-likeness (QED) is 0.533. The van der Waals surface area contributed by atoms with E-state index in [1.807, 2.05) is 0 Å². The van der Waals surface area contributed by atoms with Crippen molar-refractivity contribution < 1.29 is 14.5 Å². The summed E-state index contributed by atoms with van der Waals surface area (Å²) in [4.78, 5) is 22.0. The normalized spacial score (nSPS) is 10.6. The third-order valence-corrected chi connectivity index (χ3v) is 2.95. The number of aromatic nitrogens is 2. The van der Waals surface area contributed by atoms with E-state index in [4.69, 9.17) is 4.74 Å². The molecule has 8 heteroatoms. The summed E-state index contributed by atoms with van der Waals surface area (Å²) in [7, 11) is 0. The number of H-pyrrole nitrogens is 1. The van der Waals surface area contributed by atoms with Gasteiger partial charge in [0.1, 0.15) is 5.52 Å². The number of carbonyl (C=O) groups is 1. The Hall–Kier alpha value is -1.96. The van der Waals surface area contributed by atoms with Gasteiger partial charge in [0.25, 0.3) is 0 Å². The van der Waals surface area contributed by atoms with Gasteiger partial charge in [0.2, 0.25) is 0 Å². The molecular formula is C10H8BrN3O4. The number of carbonyl (C=O) groups excluding carboxylic acids is 1. The predicted molar refractivity (Wildman–Crippen MR) is 66.4 cm³/mol. The van der Waals surface area contributed by atoms with E-state index in [1.165, 1.54) is 6.07 Å². The molecule has 1 aromatic heterocycles. The summed E-state index contributed by atoms with van der Waals surface area (Å²) in [6.07, 6.45) is 0. The number of rotatable bonds is 3. The Morgan fingerprint density at radius 3 is 2.94 bits per heavy atom. The van der Waals surface area contributed by atoms with Crippen molar-refractivity contribution in [1.29, 1.82) is 0 Å². The van der Waals surface area contributed by atoms with Gasteiger partial charge in [-0.15, -0.1) is 0 Å². The maximum Gasteiger partial charge on any atom is 0.359 e. The smallest absolute Gasteiger partial charge is 0.359 e. The molecule has 1 N–H and O–H groups in total. The fourth-order valence-corrected chi connectivity index (χ4v) is 2.06. The van der Waals surface area contributed by atoms with E-state index >= 15 is 0 Å². The number of nitrogens with zero attached hydrogens (tertiary/aromatic N) is 2. The lowest BCUT2D eigenvalue weighted by Gasteiger charge is -1.99. The van der Waals surface area contributed by atoms with Gasteiger partial charge in [-0.05, 0) is 35.0 Å². The summed E-state index contributed by atoms with van der Waals surface area (Å²) in [5.74, 6) is -0.611. The van der Waals surface area contributed by atoms with Crippen molar-refractivity contribution in [2.45, 2.75) is 6.92 Å². The number of esters is 1. The highest BCUT2D eigenvalue weighted by atomic mass is 79.9. The van der Waals surface area contributed by atoms with Crippen LogP contribution in [0, 0.1) is 10.1 Å². The molecule has 0 radical (unpaired) electrons. The zero-order valence-electron chi connectivity index (χ0n) is 9.27. The minimum Gasteiger partial charge on any atom is -0.461 e. The molecule has 2 aromatic rings. The molecule has 0 unspecified atom stereocenters. The van der Waals surface area contributed by atoms with Crippen LogP contribution in [0.25, 0.3) is 10.9 Å². The topological polar surface area (TPSA) is 98.1 Å². The van der Waals surface area contributed by atoms with Gasteiger partial charge in [-0.1, -0.05) is 0 Å². The zero-order chi connectivity index (χ0) is 13.3. The largest absolute Gasteiger partial charge is 0.461 e. The van der Waals surface area contributed by atoms with Crippen LogP contribution in [0.4, 0.5) is 5.69 Å². The third-order valence-electron chi connectivity index (χ3n) is 2.31. The summed E-state index contributed by atoms with van der Waals surface area (Å²) in [6.45, 7) is 1.89. The van der Waals surface area contributed by atoms with Gasteiger partial charge in [-0.2, -0.15) is 5.10 Å². The molecule has 1 aromatic carbocycles. The molecule has 94 valence electrons. The van der Waals surface area contributed by atoms with Crippen LogP contribution in [0.15, 0.2) is 16.6 Å². The van der Waals surface area contributed by atoms with Crippen LogP contribution in [-0.4, -0.2) is 27.7 Å². The highest BCUT2D eigenvalue weighted by Gasteiger charge is 2.23. The summed E-state index contributed by atoms with van der Waals surface area (Å²) in [5, 5.41) is 17.6. The highest BCUT2D eigenvalue weighted by molar-refractivity contribution is 9.10. The first-order valence-electron chi connectivity index (χ1n) is 5.04. The summed E-state index contributed by atoms with van der Waals surface area (Å²) < 4.78 is 5.14. The third kappa shape index (κ3) is 1.94. The van der Waals surface area contributed by atoms with Crippen LogP contribution in [-0.2, 0) is 4.74 Å². The predicted octanol–water partition coefficient (Wildman–Crippen LogP) is 2.41. The fraction of sp³-hybridized carbons (Fsp3) is 0.200. The van der Waals surface area contributed by atoms with Crippen LogP contribution < -0.4 is 0 Å². The molecule has 0 saturated heterocycles. The van der Waals surface area contributed by atoms with E-state index < -0.39 is 10.9 Å². The van der Waals surface area contributed by atoms with Crippen LogP contribution >= 0.6 is 15.9 Å². The van der Waals surface area contributed by atoms with E-state index in [1.54, 1.807) is 13.0 Å². The summed E-state index contributed by atoms with van der Waals surface area (Å²) >= 11 is 3.09. The Balaban J connectivity index is 2.65. The molecule has 0 spiro atoms.